The highest BCUT2D eigenvalue weighted by Crippen LogP contribution is 1.52. The van der Waals surface area contributed by atoms with Crippen LogP contribution in [0.5, 0.6) is 0 Å². The van der Waals surface area contributed by atoms with Gasteiger partial charge in [0, 0.05) is 6.92 Å². The van der Waals surface area contributed by atoms with E-state index in [0.717, 1.165) is 0 Å². The van der Waals surface area contributed by atoms with E-state index in [4.69, 9.17) is 0 Å². The number of rotatable bonds is 3. The lowest BCUT2D eigenvalue weighted by Gasteiger charge is -2.00. The average molecular weight is 117 g/mol. The monoisotopic (exact) mass is 117 g/mol. The molecule has 3 N–H and O–H groups in total. The van der Waals surface area contributed by atoms with Gasteiger partial charge in [0.05, 0.1) is 6.67 Å². The van der Waals surface area contributed by atoms with Crippen LogP contribution < -0.4 is 16.2 Å². The molecule has 0 atom stereocenters. The fourth-order valence-corrected chi connectivity index (χ4v) is 0.257. The highest BCUT2D eigenvalue weighted by molar-refractivity contribution is 5.72. The Morgan fingerprint density at radius 2 is 2.25 bits per heavy atom. The molecule has 0 aromatic heterocycles. The van der Waals surface area contributed by atoms with Crippen LogP contribution in [0.2, 0.25) is 0 Å². The molecule has 0 rings (SSSR count). The lowest BCUT2D eigenvalue weighted by molar-refractivity contribution is -0.119. The SMILES string of the molecule is CNNCNC(C)=O. The van der Waals surface area contributed by atoms with Crippen molar-refractivity contribution in [1.29, 1.82) is 0 Å². The number of nitrogens with one attached hydrogen (secondary N) is 3. The van der Waals surface area contributed by atoms with Crippen LogP contribution in [-0.4, -0.2) is 19.6 Å². The molecule has 0 radical (unpaired) electrons. The van der Waals surface area contributed by atoms with Crippen molar-refractivity contribution in [2.75, 3.05) is 13.7 Å². The van der Waals surface area contributed by atoms with Gasteiger partial charge >= 0.3 is 0 Å². The van der Waals surface area contributed by atoms with Gasteiger partial charge in [-0.15, -0.1) is 0 Å². The Morgan fingerprint density at radius 1 is 1.62 bits per heavy atom. The molecule has 0 spiro atoms. The molecule has 8 heavy (non-hydrogen) atoms. The molecule has 0 unspecified atom stereocenters. The molecular weight excluding hydrogens is 106 g/mol. The molecule has 0 fully saturated rings. The summed E-state index contributed by atoms with van der Waals surface area (Å²) >= 11 is 0. The second-order valence-electron chi connectivity index (χ2n) is 1.34. The zero-order valence-corrected chi connectivity index (χ0v) is 5.12. The van der Waals surface area contributed by atoms with Gasteiger partial charge in [-0.05, 0) is 7.05 Å². The first kappa shape index (κ1) is 7.39. The van der Waals surface area contributed by atoms with Crippen molar-refractivity contribution in [2.24, 2.45) is 0 Å². The molecular formula is C4H11N3O. The topological polar surface area (TPSA) is 53.2 Å². The maximum atomic E-state index is 10.1. The number of amides is 1. The molecule has 0 heterocycles. The lowest BCUT2D eigenvalue weighted by atomic mass is 10.7. The quantitative estimate of drug-likeness (QED) is 0.247. The van der Waals surface area contributed by atoms with Crippen LogP contribution in [0.1, 0.15) is 6.92 Å². The Kier molecular flexibility index (Phi) is 4.20. The van der Waals surface area contributed by atoms with Gasteiger partial charge in [0.2, 0.25) is 5.91 Å². The molecule has 0 saturated heterocycles. The first-order chi connectivity index (χ1) is 3.77. The minimum Gasteiger partial charge on any atom is -0.343 e. The fraction of sp³-hybridized carbons (Fsp3) is 0.750. The van der Waals surface area contributed by atoms with Crippen molar-refractivity contribution < 1.29 is 4.79 Å². The van der Waals surface area contributed by atoms with Crippen LogP contribution >= 0.6 is 0 Å². The Bertz CT molecular complexity index is 73.7. The van der Waals surface area contributed by atoms with Crippen molar-refractivity contribution in [2.45, 2.75) is 6.92 Å². The molecule has 0 saturated carbocycles. The third kappa shape index (κ3) is 5.39. The highest BCUT2D eigenvalue weighted by Gasteiger charge is 1.83. The van der Waals surface area contributed by atoms with Gasteiger partial charge in [0.15, 0.2) is 0 Å². The van der Waals surface area contributed by atoms with E-state index in [1.807, 2.05) is 0 Å². The number of carbonyl (C=O) groups is 1. The summed E-state index contributed by atoms with van der Waals surface area (Å²) < 4.78 is 0. The van der Waals surface area contributed by atoms with E-state index < -0.39 is 0 Å². The van der Waals surface area contributed by atoms with E-state index in [9.17, 15) is 4.79 Å². The van der Waals surface area contributed by atoms with Crippen LogP contribution in [-0.2, 0) is 4.79 Å². The van der Waals surface area contributed by atoms with Gasteiger partial charge in [-0.2, -0.15) is 0 Å². The summed E-state index contributed by atoms with van der Waals surface area (Å²) in [5.41, 5.74) is 5.36. The summed E-state index contributed by atoms with van der Waals surface area (Å²) in [6.45, 7) is 1.93. The lowest BCUT2D eigenvalue weighted by Crippen LogP contribution is -2.38. The second-order valence-corrected chi connectivity index (χ2v) is 1.34. The first-order valence-corrected chi connectivity index (χ1v) is 2.41. The minimum absolute atomic E-state index is 0.0345. The summed E-state index contributed by atoms with van der Waals surface area (Å²) in [7, 11) is 1.74. The molecule has 4 nitrogen and oxygen atoms in total. The Labute approximate surface area is 48.6 Å². The Morgan fingerprint density at radius 3 is 2.62 bits per heavy atom. The predicted molar refractivity (Wildman–Crippen MR) is 30.9 cm³/mol. The summed E-state index contributed by atoms with van der Waals surface area (Å²) in [6.07, 6.45) is 0. The van der Waals surface area contributed by atoms with E-state index in [0.29, 0.717) is 6.67 Å². The van der Waals surface area contributed by atoms with Crippen LogP contribution in [0, 0.1) is 0 Å². The van der Waals surface area contributed by atoms with Crippen LogP contribution in [0.25, 0.3) is 0 Å². The summed E-state index contributed by atoms with van der Waals surface area (Å²) in [4.78, 5) is 10.1. The standard InChI is InChI=1S/C4H11N3O/c1-4(8)6-3-7-5-2/h5,7H,3H2,1-2H3,(H,6,8). The Hall–Kier alpha value is -0.610. The van der Waals surface area contributed by atoms with Gasteiger partial charge in [-0.3, -0.25) is 10.2 Å². The van der Waals surface area contributed by atoms with Crippen LogP contribution in [0.3, 0.4) is 0 Å². The molecule has 0 aromatic carbocycles. The summed E-state index contributed by atoms with van der Waals surface area (Å²) in [5, 5.41) is 2.53. The molecule has 4 heteroatoms. The summed E-state index contributed by atoms with van der Waals surface area (Å²) in [5.74, 6) is -0.0345. The van der Waals surface area contributed by atoms with E-state index in [2.05, 4.69) is 16.2 Å². The van der Waals surface area contributed by atoms with Crippen molar-refractivity contribution in [3.05, 3.63) is 0 Å². The van der Waals surface area contributed by atoms with Crippen LogP contribution in [0.4, 0.5) is 0 Å². The van der Waals surface area contributed by atoms with E-state index in [1.165, 1.54) is 6.92 Å². The first-order valence-electron chi connectivity index (χ1n) is 2.41. The third-order valence-electron chi connectivity index (χ3n) is 0.602. The average Bonchev–Trinajstić information content (AvgIpc) is 1.66. The van der Waals surface area contributed by atoms with Crippen LogP contribution in [0.15, 0.2) is 0 Å². The summed E-state index contributed by atoms with van der Waals surface area (Å²) in [6, 6.07) is 0. The van der Waals surface area contributed by atoms with Gasteiger partial charge in [-0.25, -0.2) is 5.43 Å². The number of hydrogen-bond donors (Lipinski definition) is 3. The van der Waals surface area contributed by atoms with Gasteiger partial charge in [0.25, 0.3) is 0 Å². The molecule has 0 aromatic rings. The molecule has 0 aliphatic carbocycles. The highest BCUT2D eigenvalue weighted by atomic mass is 16.1. The molecule has 0 aliphatic rings. The zero-order valence-electron chi connectivity index (χ0n) is 5.12. The molecule has 1 amide bonds. The minimum atomic E-state index is -0.0345. The number of carbonyl (C=O) groups excluding carboxylic acids is 1. The van der Waals surface area contributed by atoms with Crippen molar-refractivity contribution in [3.63, 3.8) is 0 Å². The maximum absolute atomic E-state index is 10.1. The predicted octanol–water partition coefficient (Wildman–Crippen LogP) is -1.20. The van der Waals surface area contributed by atoms with E-state index in [1.54, 1.807) is 7.05 Å². The molecule has 0 bridgehead atoms. The largest absolute Gasteiger partial charge is 0.343 e. The van der Waals surface area contributed by atoms with Crippen molar-refractivity contribution >= 4 is 5.91 Å². The van der Waals surface area contributed by atoms with Gasteiger partial charge in [0.1, 0.15) is 0 Å². The second kappa shape index (κ2) is 4.55. The van der Waals surface area contributed by atoms with E-state index in [-0.39, 0.29) is 5.91 Å². The number of hydrazine groups is 1. The smallest absolute Gasteiger partial charge is 0.217 e. The maximum Gasteiger partial charge on any atom is 0.217 e. The van der Waals surface area contributed by atoms with Gasteiger partial charge in [-0.1, -0.05) is 0 Å². The normalized spacial score (nSPS) is 8.75. The van der Waals surface area contributed by atoms with Crippen molar-refractivity contribution in [3.8, 4) is 0 Å². The number of hydrogen-bond acceptors (Lipinski definition) is 3. The van der Waals surface area contributed by atoms with Gasteiger partial charge < -0.3 is 5.32 Å². The molecule has 0 aliphatic heterocycles. The fourth-order valence-electron chi connectivity index (χ4n) is 0.257. The molecule has 48 valence electrons. The Balaban J connectivity index is 2.82. The zero-order chi connectivity index (χ0) is 6.41. The van der Waals surface area contributed by atoms with E-state index >= 15 is 0 Å². The van der Waals surface area contributed by atoms with Crippen molar-refractivity contribution in [1.82, 2.24) is 16.2 Å². The third-order valence-corrected chi connectivity index (χ3v) is 0.602.